The summed E-state index contributed by atoms with van der Waals surface area (Å²) in [7, 11) is 0. The predicted octanol–water partition coefficient (Wildman–Crippen LogP) is 10.2. The Morgan fingerprint density at radius 1 is 0.590 bits per heavy atom. The van der Waals surface area contributed by atoms with Gasteiger partial charge in [0.2, 0.25) is 0 Å². The SMILES string of the molecule is CCCCCCCCCCOc1ccc(C(=O)Oc2ccc(OCCC[C@H]3CC[C@H](CCC)CC3)cc2)cc1. The monoisotopic (exact) mass is 536 g/mol. The highest BCUT2D eigenvalue weighted by Gasteiger charge is 2.20. The summed E-state index contributed by atoms with van der Waals surface area (Å²) in [4.78, 5) is 12.6. The number of unbranched alkanes of at least 4 members (excludes halogenated alkanes) is 7. The predicted molar refractivity (Wildman–Crippen MR) is 161 cm³/mol. The maximum absolute atomic E-state index is 12.6. The minimum atomic E-state index is -0.369. The molecule has 0 heterocycles. The Balaban J connectivity index is 1.27. The van der Waals surface area contributed by atoms with Crippen molar-refractivity contribution in [3.8, 4) is 17.2 Å². The third kappa shape index (κ3) is 12.5. The largest absolute Gasteiger partial charge is 0.494 e. The third-order valence-electron chi connectivity index (χ3n) is 8.08. The van der Waals surface area contributed by atoms with E-state index in [1.807, 2.05) is 24.3 Å². The zero-order valence-corrected chi connectivity index (χ0v) is 24.6. The van der Waals surface area contributed by atoms with Gasteiger partial charge in [0.25, 0.3) is 0 Å². The fraction of sp³-hybridized carbons (Fsp3) is 0.629. The van der Waals surface area contributed by atoms with Crippen molar-refractivity contribution in [2.75, 3.05) is 13.2 Å². The molecule has 4 heteroatoms. The normalized spacial score (nSPS) is 17.1. The van der Waals surface area contributed by atoms with Gasteiger partial charge in [0.1, 0.15) is 17.2 Å². The van der Waals surface area contributed by atoms with E-state index in [-0.39, 0.29) is 5.97 Å². The molecule has 2 aromatic rings. The molecule has 0 spiro atoms. The van der Waals surface area contributed by atoms with Crippen LogP contribution in [0.1, 0.15) is 127 Å². The van der Waals surface area contributed by atoms with Crippen molar-refractivity contribution in [1.29, 1.82) is 0 Å². The average molecular weight is 537 g/mol. The number of hydrogen-bond donors (Lipinski definition) is 0. The minimum absolute atomic E-state index is 0.369. The van der Waals surface area contributed by atoms with Gasteiger partial charge in [0.05, 0.1) is 18.8 Å². The molecule has 4 nitrogen and oxygen atoms in total. The van der Waals surface area contributed by atoms with Crippen LogP contribution in [0.5, 0.6) is 17.2 Å². The molecule has 1 aliphatic rings. The molecule has 0 saturated heterocycles. The Labute approximate surface area is 237 Å². The van der Waals surface area contributed by atoms with Gasteiger partial charge in [-0.25, -0.2) is 4.79 Å². The number of ether oxygens (including phenoxy) is 3. The molecular weight excluding hydrogens is 484 g/mol. The molecule has 1 aliphatic carbocycles. The quantitative estimate of drug-likeness (QED) is 0.102. The molecule has 3 rings (SSSR count). The lowest BCUT2D eigenvalue weighted by Crippen LogP contribution is -2.15. The van der Waals surface area contributed by atoms with E-state index < -0.39 is 0 Å². The molecule has 39 heavy (non-hydrogen) atoms. The van der Waals surface area contributed by atoms with E-state index in [1.165, 1.54) is 89.9 Å². The van der Waals surface area contributed by atoms with Crippen LogP contribution in [0.4, 0.5) is 0 Å². The van der Waals surface area contributed by atoms with Gasteiger partial charge >= 0.3 is 5.97 Å². The Hall–Kier alpha value is -2.49. The van der Waals surface area contributed by atoms with Crippen LogP contribution in [0.25, 0.3) is 0 Å². The number of esters is 1. The van der Waals surface area contributed by atoms with Crippen molar-refractivity contribution in [1.82, 2.24) is 0 Å². The van der Waals surface area contributed by atoms with Crippen LogP contribution in [0.2, 0.25) is 0 Å². The molecule has 1 fully saturated rings. The summed E-state index contributed by atoms with van der Waals surface area (Å²) >= 11 is 0. The number of rotatable bonds is 19. The summed E-state index contributed by atoms with van der Waals surface area (Å²) in [6.45, 7) is 6.00. The van der Waals surface area contributed by atoms with E-state index in [2.05, 4.69) is 13.8 Å². The van der Waals surface area contributed by atoms with E-state index in [1.54, 1.807) is 24.3 Å². The van der Waals surface area contributed by atoms with Crippen LogP contribution >= 0.6 is 0 Å². The summed E-state index contributed by atoms with van der Waals surface area (Å²) in [6.07, 6.45) is 20.9. The second kappa shape index (κ2) is 18.7. The highest BCUT2D eigenvalue weighted by atomic mass is 16.5. The Bertz CT molecular complexity index is 897. The van der Waals surface area contributed by atoms with Crippen molar-refractivity contribution >= 4 is 5.97 Å². The first kappa shape index (κ1) is 31.0. The molecule has 0 atom stereocenters. The first-order valence-electron chi connectivity index (χ1n) is 15.9. The van der Waals surface area contributed by atoms with Crippen LogP contribution in [0.15, 0.2) is 48.5 Å². The fourth-order valence-electron chi connectivity index (χ4n) is 5.66. The summed E-state index contributed by atoms with van der Waals surface area (Å²) in [6, 6.07) is 14.6. The van der Waals surface area contributed by atoms with E-state index in [0.29, 0.717) is 17.9 Å². The Morgan fingerprint density at radius 3 is 1.67 bits per heavy atom. The third-order valence-corrected chi connectivity index (χ3v) is 8.08. The van der Waals surface area contributed by atoms with Gasteiger partial charge in [-0.15, -0.1) is 0 Å². The van der Waals surface area contributed by atoms with Crippen molar-refractivity contribution in [2.45, 2.75) is 117 Å². The van der Waals surface area contributed by atoms with Crippen molar-refractivity contribution in [3.05, 3.63) is 54.1 Å². The van der Waals surface area contributed by atoms with Crippen LogP contribution in [-0.4, -0.2) is 19.2 Å². The van der Waals surface area contributed by atoms with Crippen LogP contribution < -0.4 is 14.2 Å². The lowest BCUT2D eigenvalue weighted by Gasteiger charge is -2.28. The smallest absolute Gasteiger partial charge is 0.343 e. The highest BCUT2D eigenvalue weighted by Crippen LogP contribution is 2.33. The molecule has 0 radical (unpaired) electrons. The highest BCUT2D eigenvalue weighted by molar-refractivity contribution is 5.91. The first-order chi connectivity index (χ1) is 19.2. The lowest BCUT2D eigenvalue weighted by atomic mass is 9.78. The fourth-order valence-corrected chi connectivity index (χ4v) is 5.66. The van der Waals surface area contributed by atoms with Gasteiger partial charge in [0.15, 0.2) is 0 Å². The van der Waals surface area contributed by atoms with Gasteiger partial charge in [-0.2, -0.15) is 0 Å². The standard InChI is InChI=1S/C35H52O4/c1-3-5-6-7-8-9-10-11-27-37-32-21-19-31(20-22-32)35(36)39-34-25-23-33(24-26-34)38-28-12-14-30-17-15-29(13-4-2)16-18-30/h19-26,29-30H,3-18,27-28H2,1-2H3/t29-,30-. The topological polar surface area (TPSA) is 44.8 Å². The van der Waals surface area contributed by atoms with E-state index >= 15 is 0 Å². The Kier molecular flexibility index (Phi) is 14.9. The lowest BCUT2D eigenvalue weighted by molar-refractivity contribution is 0.0734. The van der Waals surface area contributed by atoms with Crippen LogP contribution in [-0.2, 0) is 0 Å². The van der Waals surface area contributed by atoms with E-state index in [0.717, 1.165) is 42.8 Å². The summed E-state index contributed by atoms with van der Waals surface area (Å²) in [5.74, 6) is 3.61. The van der Waals surface area contributed by atoms with Gasteiger partial charge < -0.3 is 14.2 Å². The van der Waals surface area contributed by atoms with Crippen molar-refractivity contribution in [2.24, 2.45) is 11.8 Å². The van der Waals surface area contributed by atoms with E-state index in [4.69, 9.17) is 14.2 Å². The summed E-state index contributed by atoms with van der Waals surface area (Å²) in [5, 5.41) is 0. The minimum Gasteiger partial charge on any atom is -0.494 e. The van der Waals surface area contributed by atoms with Crippen LogP contribution in [0.3, 0.4) is 0 Å². The maximum Gasteiger partial charge on any atom is 0.343 e. The van der Waals surface area contributed by atoms with E-state index in [9.17, 15) is 4.79 Å². The molecule has 0 aliphatic heterocycles. The number of hydrogen-bond acceptors (Lipinski definition) is 4. The van der Waals surface area contributed by atoms with Crippen molar-refractivity contribution < 1.29 is 19.0 Å². The second-order valence-electron chi connectivity index (χ2n) is 11.4. The second-order valence-corrected chi connectivity index (χ2v) is 11.4. The number of benzene rings is 2. The molecule has 0 unspecified atom stereocenters. The molecule has 0 bridgehead atoms. The van der Waals surface area contributed by atoms with Gasteiger partial charge in [0, 0.05) is 0 Å². The van der Waals surface area contributed by atoms with Crippen molar-refractivity contribution in [3.63, 3.8) is 0 Å². The summed E-state index contributed by atoms with van der Waals surface area (Å²) < 4.78 is 17.3. The molecule has 2 aromatic carbocycles. The summed E-state index contributed by atoms with van der Waals surface area (Å²) in [5.41, 5.74) is 0.512. The molecule has 0 aromatic heterocycles. The van der Waals surface area contributed by atoms with Crippen LogP contribution in [0, 0.1) is 11.8 Å². The molecule has 1 saturated carbocycles. The zero-order chi connectivity index (χ0) is 27.5. The number of carbonyl (C=O) groups excluding carboxylic acids is 1. The maximum atomic E-state index is 12.6. The molecule has 216 valence electrons. The average Bonchev–Trinajstić information content (AvgIpc) is 2.96. The first-order valence-corrected chi connectivity index (χ1v) is 15.9. The number of carbonyl (C=O) groups is 1. The zero-order valence-electron chi connectivity index (χ0n) is 24.6. The Morgan fingerprint density at radius 2 is 1.08 bits per heavy atom. The molecule has 0 amide bonds. The van der Waals surface area contributed by atoms with Gasteiger partial charge in [-0.3, -0.25) is 0 Å². The molecular formula is C35H52O4. The van der Waals surface area contributed by atoms with Gasteiger partial charge in [-0.1, -0.05) is 97.3 Å². The molecule has 0 N–H and O–H groups in total. The van der Waals surface area contributed by atoms with Gasteiger partial charge in [-0.05, 0) is 79.6 Å².